The topological polar surface area (TPSA) is 32.7 Å². The SMILES string of the molecule is CCC(CC)(CO)CN(C)Cc1ccccc1OC. The van der Waals surface area contributed by atoms with Gasteiger partial charge in [-0.15, -0.1) is 0 Å². The Hall–Kier alpha value is -1.06. The van der Waals surface area contributed by atoms with E-state index in [2.05, 4.69) is 31.9 Å². The summed E-state index contributed by atoms with van der Waals surface area (Å²) >= 11 is 0. The first kappa shape index (κ1) is 16.0. The van der Waals surface area contributed by atoms with Crippen molar-refractivity contribution in [3.63, 3.8) is 0 Å². The third-order valence-corrected chi connectivity index (χ3v) is 4.07. The zero-order valence-corrected chi connectivity index (χ0v) is 12.6. The number of rotatable bonds is 8. The second kappa shape index (κ2) is 7.51. The third kappa shape index (κ3) is 4.22. The predicted octanol–water partition coefficient (Wildman–Crippen LogP) is 2.93. The van der Waals surface area contributed by atoms with Crippen molar-refractivity contribution >= 4 is 0 Å². The van der Waals surface area contributed by atoms with Crippen LogP contribution in [0.2, 0.25) is 0 Å². The first-order valence-corrected chi connectivity index (χ1v) is 7.02. The maximum Gasteiger partial charge on any atom is 0.123 e. The Morgan fingerprint density at radius 2 is 1.84 bits per heavy atom. The van der Waals surface area contributed by atoms with Crippen molar-refractivity contribution in [2.45, 2.75) is 33.2 Å². The van der Waals surface area contributed by atoms with Gasteiger partial charge in [0.2, 0.25) is 0 Å². The Labute approximate surface area is 117 Å². The van der Waals surface area contributed by atoms with Crippen LogP contribution in [0.25, 0.3) is 0 Å². The van der Waals surface area contributed by atoms with Crippen LogP contribution in [0.4, 0.5) is 0 Å². The van der Waals surface area contributed by atoms with E-state index in [0.29, 0.717) is 0 Å². The second-order valence-electron chi connectivity index (χ2n) is 5.35. The zero-order valence-electron chi connectivity index (χ0n) is 12.6. The average Bonchev–Trinajstić information content (AvgIpc) is 2.45. The van der Waals surface area contributed by atoms with Gasteiger partial charge in [0.15, 0.2) is 0 Å². The van der Waals surface area contributed by atoms with Gasteiger partial charge in [-0.25, -0.2) is 0 Å². The molecule has 1 rings (SSSR count). The number of para-hydroxylation sites is 1. The van der Waals surface area contributed by atoms with Crippen LogP contribution in [0, 0.1) is 5.41 Å². The van der Waals surface area contributed by atoms with Crippen molar-refractivity contribution in [2.24, 2.45) is 5.41 Å². The quantitative estimate of drug-likeness (QED) is 0.784. The minimum absolute atomic E-state index is 0.0107. The third-order valence-electron chi connectivity index (χ3n) is 4.07. The molecule has 108 valence electrons. The molecule has 0 saturated carbocycles. The average molecular weight is 265 g/mol. The molecular formula is C16H27NO2. The van der Waals surface area contributed by atoms with Crippen LogP contribution in [0.15, 0.2) is 24.3 Å². The molecule has 0 aliphatic carbocycles. The highest BCUT2D eigenvalue weighted by atomic mass is 16.5. The van der Waals surface area contributed by atoms with Gasteiger partial charge in [-0.3, -0.25) is 0 Å². The molecule has 0 radical (unpaired) electrons. The summed E-state index contributed by atoms with van der Waals surface area (Å²) in [4.78, 5) is 2.26. The molecule has 3 heteroatoms. The van der Waals surface area contributed by atoms with Crippen LogP contribution >= 0.6 is 0 Å². The Bertz CT molecular complexity index is 367. The maximum absolute atomic E-state index is 9.64. The number of benzene rings is 1. The van der Waals surface area contributed by atoms with Gasteiger partial charge < -0.3 is 14.7 Å². The summed E-state index contributed by atoms with van der Waals surface area (Å²) in [5.41, 5.74) is 1.20. The van der Waals surface area contributed by atoms with E-state index in [4.69, 9.17) is 4.74 Å². The maximum atomic E-state index is 9.64. The van der Waals surface area contributed by atoms with E-state index >= 15 is 0 Å². The van der Waals surface area contributed by atoms with Crippen molar-refractivity contribution in [3.8, 4) is 5.75 Å². The van der Waals surface area contributed by atoms with E-state index in [1.54, 1.807) is 7.11 Å². The first-order chi connectivity index (χ1) is 9.10. The largest absolute Gasteiger partial charge is 0.496 e. The van der Waals surface area contributed by atoms with E-state index < -0.39 is 0 Å². The number of hydrogen-bond acceptors (Lipinski definition) is 3. The highest BCUT2D eigenvalue weighted by Gasteiger charge is 2.27. The lowest BCUT2D eigenvalue weighted by Gasteiger charge is -2.34. The van der Waals surface area contributed by atoms with Gasteiger partial charge in [0.1, 0.15) is 5.75 Å². The van der Waals surface area contributed by atoms with Gasteiger partial charge in [-0.05, 0) is 26.0 Å². The van der Waals surface area contributed by atoms with Crippen LogP contribution in [-0.4, -0.2) is 37.3 Å². The molecule has 0 amide bonds. The molecule has 0 spiro atoms. The van der Waals surface area contributed by atoms with Crippen LogP contribution in [0.1, 0.15) is 32.3 Å². The number of nitrogens with zero attached hydrogens (tertiary/aromatic N) is 1. The van der Waals surface area contributed by atoms with Gasteiger partial charge in [0.05, 0.1) is 7.11 Å². The number of aliphatic hydroxyl groups excluding tert-OH is 1. The fourth-order valence-corrected chi connectivity index (χ4v) is 2.50. The zero-order chi connectivity index (χ0) is 14.3. The molecule has 0 atom stereocenters. The summed E-state index contributed by atoms with van der Waals surface area (Å²) in [5.74, 6) is 0.928. The van der Waals surface area contributed by atoms with Crippen molar-refractivity contribution in [2.75, 3.05) is 27.3 Å². The number of hydrogen-bond donors (Lipinski definition) is 1. The highest BCUT2D eigenvalue weighted by molar-refractivity contribution is 5.33. The smallest absolute Gasteiger partial charge is 0.123 e. The van der Waals surface area contributed by atoms with Gasteiger partial charge in [-0.1, -0.05) is 32.0 Å². The van der Waals surface area contributed by atoms with E-state index in [0.717, 1.165) is 31.7 Å². The molecule has 0 heterocycles. The highest BCUT2D eigenvalue weighted by Crippen LogP contribution is 2.28. The van der Waals surface area contributed by atoms with E-state index in [1.807, 2.05) is 18.2 Å². The molecule has 0 fully saturated rings. The lowest BCUT2D eigenvalue weighted by atomic mass is 9.82. The van der Waals surface area contributed by atoms with Crippen molar-refractivity contribution in [1.29, 1.82) is 0 Å². The van der Waals surface area contributed by atoms with Crippen LogP contribution < -0.4 is 4.74 Å². The van der Waals surface area contributed by atoms with E-state index in [9.17, 15) is 5.11 Å². The summed E-state index contributed by atoms with van der Waals surface area (Å²) in [5, 5.41) is 9.64. The number of ether oxygens (including phenoxy) is 1. The first-order valence-electron chi connectivity index (χ1n) is 7.02. The van der Waals surface area contributed by atoms with E-state index in [-0.39, 0.29) is 12.0 Å². The molecule has 19 heavy (non-hydrogen) atoms. The van der Waals surface area contributed by atoms with Crippen LogP contribution in [0.5, 0.6) is 5.75 Å². The molecule has 1 aromatic carbocycles. The molecule has 0 saturated heterocycles. The monoisotopic (exact) mass is 265 g/mol. The van der Waals surface area contributed by atoms with Gasteiger partial charge >= 0.3 is 0 Å². The van der Waals surface area contributed by atoms with Crippen molar-refractivity contribution < 1.29 is 9.84 Å². The molecule has 1 N–H and O–H groups in total. The summed E-state index contributed by atoms with van der Waals surface area (Å²) < 4.78 is 5.38. The Balaban J connectivity index is 2.71. The van der Waals surface area contributed by atoms with Gasteiger partial charge in [0, 0.05) is 30.7 Å². The minimum Gasteiger partial charge on any atom is -0.496 e. The summed E-state index contributed by atoms with van der Waals surface area (Å²) in [7, 11) is 3.80. The fourth-order valence-electron chi connectivity index (χ4n) is 2.50. The van der Waals surface area contributed by atoms with Crippen molar-refractivity contribution in [1.82, 2.24) is 4.90 Å². The second-order valence-corrected chi connectivity index (χ2v) is 5.35. The van der Waals surface area contributed by atoms with Gasteiger partial charge in [0.25, 0.3) is 0 Å². The number of aliphatic hydroxyl groups is 1. The Kier molecular flexibility index (Phi) is 6.32. The molecule has 0 aromatic heterocycles. The number of methoxy groups -OCH3 is 1. The molecule has 1 aromatic rings. The van der Waals surface area contributed by atoms with Crippen molar-refractivity contribution in [3.05, 3.63) is 29.8 Å². The lowest BCUT2D eigenvalue weighted by Crippen LogP contribution is -2.37. The Morgan fingerprint density at radius 1 is 1.21 bits per heavy atom. The molecule has 0 bridgehead atoms. The minimum atomic E-state index is 0.0107. The Morgan fingerprint density at radius 3 is 2.37 bits per heavy atom. The molecule has 0 aliphatic rings. The molecule has 0 aliphatic heterocycles. The molecule has 0 unspecified atom stereocenters. The summed E-state index contributed by atoms with van der Waals surface area (Å²) in [6, 6.07) is 8.10. The van der Waals surface area contributed by atoms with Crippen LogP contribution in [0.3, 0.4) is 0 Å². The lowest BCUT2D eigenvalue weighted by molar-refractivity contribution is 0.0728. The standard InChI is InChI=1S/C16H27NO2/c1-5-16(6-2,13-18)12-17(3)11-14-9-7-8-10-15(14)19-4/h7-10,18H,5-6,11-13H2,1-4H3. The van der Waals surface area contributed by atoms with E-state index in [1.165, 1.54) is 5.56 Å². The normalized spacial score (nSPS) is 11.9. The molecule has 3 nitrogen and oxygen atoms in total. The fraction of sp³-hybridized carbons (Fsp3) is 0.625. The summed E-state index contributed by atoms with van der Waals surface area (Å²) in [6.45, 7) is 6.28. The molecular weight excluding hydrogens is 238 g/mol. The predicted molar refractivity (Wildman–Crippen MR) is 79.4 cm³/mol. The summed E-state index contributed by atoms with van der Waals surface area (Å²) in [6.07, 6.45) is 1.99. The van der Waals surface area contributed by atoms with Crippen LogP contribution in [-0.2, 0) is 6.54 Å². The van der Waals surface area contributed by atoms with Gasteiger partial charge in [-0.2, -0.15) is 0 Å².